The quantitative estimate of drug-likeness (QED) is 0.334. The summed E-state index contributed by atoms with van der Waals surface area (Å²) in [5, 5.41) is 21.9. The van der Waals surface area contributed by atoms with Gasteiger partial charge < -0.3 is 25.2 Å². The molecule has 0 atom stereocenters. The topological polar surface area (TPSA) is 108 Å². The number of carbonyl (C=O) groups is 1. The molecule has 134 valence electrons. The highest BCUT2D eigenvalue weighted by Crippen LogP contribution is 2.23. The number of hydrogen-bond acceptors (Lipinski definition) is 9. The van der Waals surface area contributed by atoms with Crippen molar-refractivity contribution in [3.8, 4) is 0 Å². The largest absolute Gasteiger partial charge is 0.462 e. The van der Waals surface area contributed by atoms with Crippen molar-refractivity contribution in [3.05, 3.63) is 17.5 Å². The minimum absolute atomic E-state index is 0.166. The van der Waals surface area contributed by atoms with Gasteiger partial charge in [-0.05, 0) is 19.3 Å². The van der Waals surface area contributed by atoms with Crippen LogP contribution in [0.15, 0.2) is 11.4 Å². The summed E-state index contributed by atoms with van der Waals surface area (Å²) < 4.78 is 5.10. The Kier molecular flexibility index (Phi) is 8.51. The Hall–Kier alpha value is -1.84. The second kappa shape index (κ2) is 10.1. The monoisotopic (exact) mass is 356 g/mol. The lowest BCUT2D eigenvalue weighted by molar-refractivity contribution is 0.0525. The van der Waals surface area contributed by atoms with Crippen molar-refractivity contribution < 1.29 is 19.7 Å². The molecule has 1 heterocycles. The second-order valence-electron chi connectivity index (χ2n) is 5.03. The van der Waals surface area contributed by atoms with Crippen LogP contribution in [0.4, 0.5) is 5.82 Å². The maximum atomic E-state index is 12.4. The van der Waals surface area contributed by atoms with Crippen molar-refractivity contribution in [2.24, 2.45) is 0 Å². The Morgan fingerprint density at radius 1 is 1.38 bits per heavy atom. The van der Waals surface area contributed by atoms with E-state index in [0.29, 0.717) is 10.9 Å². The van der Waals surface area contributed by atoms with Crippen LogP contribution in [0.3, 0.4) is 0 Å². The number of carbonyl (C=O) groups excluding carboxylic acids is 1. The molecule has 24 heavy (non-hydrogen) atoms. The maximum Gasteiger partial charge on any atom is 0.344 e. The van der Waals surface area contributed by atoms with E-state index in [9.17, 15) is 15.0 Å². The molecule has 8 nitrogen and oxygen atoms in total. The average Bonchev–Trinajstić information content (AvgIpc) is 2.57. The molecular weight excluding hydrogens is 332 g/mol. The maximum absolute atomic E-state index is 12.4. The van der Waals surface area contributed by atoms with Crippen molar-refractivity contribution in [1.29, 1.82) is 0 Å². The third-order valence-corrected chi connectivity index (χ3v) is 3.44. The summed E-state index contributed by atoms with van der Waals surface area (Å²) in [5.41, 5.74) is 0.568. The Morgan fingerprint density at radius 2 is 2.04 bits per heavy atom. The number of aliphatic hydroxyl groups is 2. The number of esters is 1. The third kappa shape index (κ3) is 5.66. The van der Waals surface area contributed by atoms with Crippen LogP contribution in [0, 0.1) is 0 Å². The number of anilines is 1. The zero-order valence-electron chi connectivity index (χ0n) is 14.3. The second-order valence-corrected chi connectivity index (χ2v) is 5.80. The summed E-state index contributed by atoms with van der Waals surface area (Å²) in [4.78, 5) is 22.8. The molecule has 3 N–H and O–H groups in total. The fourth-order valence-corrected chi connectivity index (χ4v) is 2.11. The van der Waals surface area contributed by atoms with E-state index in [-0.39, 0.29) is 31.2 Å². The molecular formula is C15H24N4O4S. The van der Waals surface area contributed by atoms with Gasteiger partial charge in [0.15, 0.2) is 5.16 Å². The van der Waals surface area contributed by atoms with Gasteiger partial charge in [0.2, 0.25) is 0 Å². The minimum Gasteiger partial charge on any atom is -0.462 e. The first-order valence-electron chi connectivity index (χ1n) is 7.42. The van der Waals surface area contributed by atoms with E-state index in [1.807, 2.05) is 25.3 Å². The van der Waals surface area contributed by atoms with Crippen LogP contribution < -0.4 is 5.32 Å². The summed E-state index contributed by atoms with van der Waals surface area (Å²) in [7, 11) is 3.70. The van der Waals surface area contributed by atoms with Gasteiger partial charge in [-0.2, -0.15) is 0 Å². The number of thioether (sulfide) groups is 1. The van der Waals surface area contributed by atoms with Crippen LogP contribution in [0.25, 0.3) is 6.08 Å². The minimum atomic E-state index is -0.645. The average molecular weight is 356 g/mol. The normalized spacial score (nSPS) is 11.1. The lowest BCUT2D eigenvalue weighted by Gasteiger charge is -2.18. The molecule has 0 aromatic carbocycles. The van der Waals surface area contributed by atoms with Gasteiger partial charge in [-0.25, -0.2) is 14.8 Å². The number of nitrogens with zero attached hydrogens (tertiary/aromatic N) is 3. The number of aliphatic hydroxyl groups excluding tert-OH is 2. The molecule has 0 aliphatic heterocycles. The van der Waals surface area contributed by atoms with E-state index in [1.165, 1.54) is 11.8 Å². The Balaban J connectivity index is 3.45. The zero-order valence-corrected chi connectivity index (χ0v) is 15.1. The molecule has 0 spiro atoms. The first-order chi connectivity index (χ1) is 11.5. The van der Waals surface area contributed by atoms with Crippen molar-refractivity contribution in [1.82, 2.24) is 14.9 Å². The molecule has 0 unspecified atom stereocenters. The highest BCUT2D eigenvalue weighted by Gasteiger charge is 2.22. The molecule has 9 heteroatoms. The van der Waals surface area contributed by atoms with Crippen molar-refractivity contribution in [3.63, 3.8) is 0 Å². The molecule has 0 aliphatic carbocycles. The lowest BCUT2D eigenvalue weighted by Crippen LogP contribution is -2.30. The van der Waals surface area contributed by atoms with Gasteiger partial charge in [-0.15, -0.1) is 0 Å². The Morgan fingerprint density at radius 3 is 2.54 bits per heavy atom. The fraction of sp³-hybridized carbons (Fsp3) is 0.533. The van der Waals surface area contributed by atoms with Crippen molar-refractivity contribution in [2.45, 2.75) is 18.1 Å². The zero-order chi connectivity index (χ0) is 18.1. The van der Waals surface area contributed by atoms with Gasteiger partial charge in [0.05, 0.1) is 31.6 Å². The molecule has 0 aliphatic rings. The molecule has 1 rings (SSSR count). The van der Waals surface area contributed by atoms with E-state index in [2.05, 4.69) is 15.3 Å². The number of hydrogen-bond donors (Lipinski definition) is 3. The highest BCUT2D eigenvalue weighted by molar-refractivity contribution is 7.98. The van der Waals surface area contributed by atoms with Crippen LogP contribution in [0.5, 0.6) is 0 Å². The number of aromatic nitrogens is 2. The van der Waals surface area contributed by atoms with E-state index in [1.54, 1.807) is 19.2 Å². The summed E-state index contributed by atoms with van der Waals surface area (Å²) in [5.74, 6) is -0.347. The van der Waals surface area contributed by atoms with E-state index in [0.717, 1.165) is 0 Å². The number of ether oxygens (including phenoxy) is 1. The fourth-order valence-electron chi connectivity index (χ4n) is 1.74. The van der Waals surface area contributed by atoms with Crippen molar-refractivity contribution in [2.75, 3.05) is 45.5 Å². The van der Waals surface area contributed by atoms with Crippen LogP contribution in [-0.2, 0) is 4.74 Å². The SMILES string of the molecule is CCOC(=O)c1c(C=CN(C)C)nc(SC)nc1NC(CO)CO. The van der Waals surface area contributed by atoms with Crippen LogP contribution in [-0.4, -0.2) is 77.3 Å². The van der Waals surface area contributed by atoms with Crippen LogP contribution >= 0.6 is 11.8 Å². The summed E-state index contributed by atoms with van der Waals surface area (Å²) in [6.07, 6.45) is 5.26. The van der Waals surface area contributed by atoms with Gasteiger partial charge in [0.25, 0.3) is 0 Å². The van der Waals surface area contributed by atoms with Crippen LogP contribution in [0.1, 0.15) is 23.0 Å². The summed E-state index contributed by atoms with van der Waals surface area (Å²) in [6, 6.07) is -0.645. The highest BCUT2D eigenvalue weighted by atomic mass is 32.2. The van der Waals surface area contributed by atoms with Gasteiger partial charge in [-0.1, -0.05) is 11.8 Å². The predicted molar refractivity (Wildman–Crippen MR) is 94.1 cm³/mol. The van der Waals surface area contributed by atoms with Gasteiger partial charge in [0.1, 0.15) is 11.4 Å². The first kappa shape index (κ1) is 20.2. The summed E-state index contributed by atoms with van der Waals surface area (Å²) >= 11 is 1.32. The smallest absolute Gasteiger partial charge is 0.344 e. The van der Waals surface area contributed by atoms with Gasteiger partial charge in [-0.3, -0.25) is 0 Å². The Bertz CT molecular complexity index is 577. The first-order valence-corrected chi connectivity index (χ1v) is 8.65. The van der Waals surface area contributed by atoms with Gasteiger partial charge >= 0.3 is 5.97 Å². The molecule has 0 saturated heterocycles. The molecule has 1 aromatic rings. The van der Waals surface area contributed by atoms with Gasteiger partial charge in [0, 0.05) is 20.3 Å². The molecule has 0 amide bonds. The third-order valence-electron chi connectivity index (χ3n) is 2.89. The Labute approximate surface area is 145 Å². The standard InChI is InChI=1S/C15H24N4O4S/c1-5-23-14(22)12-11(6-7-19(2)3)17-15(24-4)18-13(12)16-10(8-20)9-21/h6-7,10,20-21H,5,8-9H2,1-4H3,(H,16,17,18). The van der Waals surface area contributed by atoms with E-state index < -0.39 is 12.0 Å². The molecule has 0 fully saturated rings. The number of rotatable bonds is 9. The number of nitrogens with one attached hydrogen (secondary N) is 1. The van der Waals surface area contributed by atoms with Crippen molar-refractivity contribution >= 4 is 29.6 Å². The van der Waals surface area contributed by atoms with E-state index in [4.69, 9.17) is 4.74 Å². The predicted octanol–water partition coefficient (Wildman–Crippen LogP) is 0.673. The lowest BCUT2D eigenvalue weighted by atomic mass is 10.2. The molecule has 0 saturated carbocycles. The van der Waals surface area contributed by atoms with Crippen LogP contribution in [0.2, 0.25) is 0 Å². The molecule has 0 bridgehead atoms. The molecule has 0 radical (unpaired) electrons. The van der Waals surface area contributed by atoms with E-state index >= 15 is 0 Å². The molecule has 1 aromatic heterocycles. The summed E-state index contributed by atoms with van der Waals surface area (Å²) in [6.45, 7) is 1.31.